The summed E-state index contributed by atoms with van der Waals surface area (Å²) >= 11 is 0. The molecule has 3 aromatic rings. The number of H-pyrrole nitrogens is 1. The molecule has 1 aliphatic rings. The highest BCUT2D eigenvalue weighted by atomic mass is 19.1. The van der Waals surface area contributed by atoms with Crippen LogP contribution in [0.15, 0.2) is 30.5 Å². The smallest absolute Gasteiger partial charge is 0.220 e. The zero-order valence-electron chi connectivity index (χ0n) is 13.6. The molecule has 3 heterocycles. The SMILES string of the molecule is NCc1ccc(-c2ccnc3nc(C4CCNC(=O)C4)[nH]c23)cc1F. The fraction of sp³-hybridized carbons (Fsp3) is 0.278. The molecule has 1 atom stereocenters. The predicted molar refractivity (Wildman–Crippen MR) is 92.2 cm³/mol. The van der Waals surface area contributed by atoms with E-state index >= 15 is 0 Å². The Hall–Kier alpha value is -2.80. The van der Waals surface area contributed by atoms with Gasteiger partial charge in [0.2, 0.25) is 5.91 Å². The summed E-state index contributed by atoms with van der Waals surface area (Å²) in [7, 11) is 0. The lowest BCUT2D eigenvalue weighted by atomic mass is 9.97. The molecule has 1 unspecified atom stereocenters. The highest BCUT2D eigenvalue weighted by molar-refractivity contribution is 5.90. The van der Waals surface area contributed by atoms with Gasteiger partial charge in [-0.25, -0.2) is 14.4 Å². The van der Waals surface area contributed by atoms with Crippen molar-refractivity contribution in [1.82, 2.24) is 20.3 Å². The Morgan fingerprint density at radius 1 is 1.32 bits per heavy atom. The third-order valence-electron chi connectivity index (χ3n) is 4.63. The van der Waals surface area contributed by atoms with Crippen LogP contribution in [0.5, 0.6) is 0 Å². The quantitative estimate of drug-likeness (QED) is 0.681. The predicted octanol–water partition coefficient (Wildman–Crippen LogP) is 2.22. The maximum atomic E-state index is 14.1. The average molecular weight is 339 g/mol. The molecule has 1 fully saturated rings. The maximum Gasteiger partial charge on any atom is 0.220 e. The normalized spacial score (nSPS) is 17.7. The lowest BCUT2D eigenvalue weighted by Crippen LogP contribution is -2.32. The average Bonchev–Trinajstić information content (AvgIpc) is 3.06. The minimum Gasteiger partial charge on any atom is -0.356 e. The number of hydrogen-bond acceptors (Lipinski definition) is 4. The first kappa shape index (κ1) is 15.7. The Bertz CT molecular complexity index is 952. The summed E-state index contributed by atoms with van der Waals surface area (Å²) in [6, 6.07) is 6.84. The van der Waals surface area contributed by atoms with Gasteiger partial charge in [-0.1, -0.05) is 12.1 Å². The van der Waals surface area contributed by atoms with Crippen LogP contribution >= 0.6 is 0 Å². The van der Waals surface area contributed by atoms with Gasteiger partial charge in [0.1, 0.15) is 11.6 Å². The molecule has 0 bridgehead atoms. The summed E-state index contributed by atoms with van der Waals surface area (Å²) in [5.74, 6) is 0.508. The first-order valence-electron chi connectivity index (χ1n) is 8.26. The number of benzene rings is 1. The number of aromatic nitrogens is 3. The molecule has 1 aromatic carbocycles. The zero-order valence-corrected chi connectivity index (χ0v) is 13.6. The molecule has 0 aliphatic carbocycles. The molecule has 1 saturated heterocycles. The minimum atomic E-state index is -0.325. The summed E-state index contributed by atoms with van der Waals surface area (Å²) in [5, 5.41) is 2.82. The first-order chi connectivity index (χ1) is 12.2. The Kier molecular flexibility index (Phi) is 3.93. The van der Waals surface area contributed by atoms with Crippen LogP contribution in [0.1, 0.15) is 30.1 Å². The van der Waals surface area contributed by atoms with Crippen molar-refractivity contribution in [3.8, 4) is 11.1 Å². The highest BCUT2D eigenvalue weighted by Crippen LogP contribution is 2.30. The van der Waals surface area contributed by atoms with Gasteiger partial charge in [-0.15, -0.1) is 0 Å². The van der Waals surface area contributed by atoms with Crippen molar-refractivity contribution in [2.24, 2.45) is 5.73 Å². The van der Waals surface area contributed by atoms with Crippen LogP contribution in [0.25, 0.3) is 22.3 Å². The van der Waals surface area contributed by atoms with Crippen LogP contribution in [-0.4, -0.2) is 27.4 Å². The lowest BCUT2D eigenvalue weighted by Gasteiger charge is -2.19. The second kappa shape index (κ2) is 6.25. The van der Waals surface area contributed by atoms with Gasteiger partial charge in [-0.05, 0) is 24.1 Å². The molecule has 25 heavy (non-hydrogen) atoms. The molecular formula is C18H18FN5O. The van der Waals surface area contributed by atoms with Crippen molar-refractivity contribution < 1.29 is 9.18 Å². The number of nitrogens with zero attached hydrogens (tertiary/aromatic N) is 2. The van der Waals surface area contributed by atoms with Crippen LogP contribution in [0.2, 0.25) is 0 Å². The number of imidazole rings is 1. The first-order valence-corrected chi connectivity index (χ1v) is 8.26. The zero-order chi connectivity index (χ0) is 17.4. The molecule has 1 aliphatic heterocycles. The highest BCUT2D eigenvalue weighted by Gasteiger charge is 2.24. The standard InChI is InChI=1S/C18H18FN5O/c19-14-7-10(1-2-12(14)9-20)13-4-6-22-18-16(13)23-17(24-18)11-3-5-21-15(25)8-11/h1-2,4,6-7,11H,3,5,8-9,20H2,(H,21,25)(H,22,23,24). The van der Waals surface area contributed by atoms with E-state index in [0.29, 0.717) is 24.2 Å². The fourth-order valence-electron chi connectivity index (χ4n) is 3.26. The van der Waals surface area contributed by atoms with E-state index in [-0.39, 0.29) is 24.2 Å². The second-order valence-electron chi connectivity index (χ2n) is 6.23. The summed E-state index contributed by atoms with van der Waals surface area (Å²) in [6.07, 6.45) is 2.90. The van der Waals surface area contributed by atoms with Gasteiger partial charge in [0.15, 0.2) is 5.65 Å². The molecule has 0 radical (unpaired) electrons. The van der Waals surface area contributed by atoms with Gasteiger partial charge < -0.3 is 16.0 Å². The Labute approximate surface area is 143 Å². The van der Waals surface area contributed by atoms with Gasteiger partial charge in [0, 0.05) is 42.8 Å². The van der Waals surface area contributed by atoms with Gasteiger partial charge in [0.25, 0.3) is 0 Å². The third kappa shape index (κ3) is 2.87. The van der Waals surface area contributed by atoms with Crippen molar-refractivity contribution in [2.75, 3.05) is 6.54 Å². The molecule has 4 rings (SSSR count). The number of hydrogen-bond donors (Lipinski definition) is 3. The van der Waals surface area contributed by atoms with Crippen molar-refractivity contribution in [1.29, 1.82) is 0 Å². The number of nitrogens with two attached hydrogens (primary N) is 1. The van der Waals surface area contributed by atoms with E-state index in [1.54, 1.807) is 12.3 Å². The molecule has 6 nitrogen and oxygen atoms in total. The number of carbonyl (C=O) groups excluding carboxylic acids is 1. The van der Waals surface area contributed by atoms with Gasteiger partial charge >= 0.3 is 0 Å². The molecular weight excluding hydrogens is 321 g/mol. The van der Waals surface area contributed by atoms with Crippen LogP contribution in [0, 0.1) is 5.82 Å². The minimum absolute atomic E-state index is 0.0318. The lowest BCUT2D eigenvalue weighted by molar-refractivity contribution is -0.122. The number of amides is 1. The number of carbonyl (C=O) groups is 1. The molecule has 1 amide bonds. The van der Waals surface area contributed by atoms with Gasteiger partial charge in [-0.2, -0.15) is 0 Å². The van der Waals surface area contributed by atoms with Crippen LogP contribution in [0.3, 0.4) is 0 Å². The number of pyridine rings is 1. The van der Waals surface area contributed by atoms with E-state index in [4.69, 9.17) is 5.73 Å². The Morgan fingerprint density at radius 2 is 2.20 bits per heavy atom. The van der Waals surface area contributed by atoms with Crippen molar-refractivity contribution in [3.05, 3.63) is 47.7 Å². The van der Waals surface area contributed by atoms with E-state index in [1.165, 1.54) is 6.07 Å². The van der Waals surface area contributed by atoms with Crippen LogP contribution in [-0.2, 0) is 11.3 Å². The number of rotatable bonds is 3. The topological polar surface area (TPSA) is 96.7 Å². The summed E-state index contributed by atoms with van der Waals surface area (Å²) in [4.78, 5) is 23.8. The van der Waals surface area contributed by atoms with Gasteiger partial charge in [0.05, 0.1) is 5.52 Å². The molecule has 0 saturated carbocycles. The third-order valence-corrected chi connectivity index (χ3v) is 4.63. The van der Waals surface area contributed by atoms with E-state index < -0.39 is 0 Å². The molecule has 0 spiro atoms. The van der Waals surface area contributed by atoms with Crippen molar-refractivity contribution in [2.45, 2.75) is 25.3 Å². The monoisotopic (exact) mass is 339 g/mol. The molecule has 128 valence electrons. The van der Waals surface area contributed by atoms with E-state index in [1.807, 2.05) is 12.1 Å². The number of halogens is 1. The largest absolute Gasteiger partial charge is 0.356 e. The number of nitrogens with one attached hydrogen (secondary N) is 2. The van der Waals surface area contributed by atoms with Crippen molar-refractivity contribution in [3.63, 3.8) is 0 Å². The summed E-state index contributed by atoms with van der Waals surface area (Å²) < 4.78 is 14.1. The molecule has 7 heteroatoms. The second-order valence-corrected chi connectivity index (χ2v) is 6.23. The molecule has 4 N–H and O–H groups in total. The van der Waals surface area contributed by atoms with Crippen LogP contribution < -0.4 is 11.1 Å². The Balaban J connectivity index is 1.77. The van der Waals surface area contributed by atoms with E-state index in [9.17, 15) is 9.18 Å². The van der Waals surface area contributed by atoms with E-state index in [0.717, 1.165) is 28.9 Å². The van der Waals surface area contributed by atoms with Gasteiger partial charge in [-0.3, -0.25) is 4.79 Å². The van der Waals surface area contributed by atoms with E-state index in [2.05, 4.69) is 20.3 Å². The van der Waals surface area contributed by atoms with Crippen LogP contribution in [0.4, 0.5) is 4.39 Å². The fourth-order valence-corrected chi connectivity index (χ4v) is 3.26. The number of fused-ring (bicyclic) bond motifs is 1. The maximum absolute atomic E-state index is 14.1. The number of piperidine rings is 1. The van der Waals surface area contributed by atoms with Crippen molar-refractivity contribution >= 4 is 17.1 Å². The molecule has 2 aromatic heterocycles. The summed E-state index contributed by atoms with van der Waals surface area (Å²) in [5.41, 5.74) is 8.89. The summed E-state index contributed by atoms with van der Waals surface area (Å²) in [6.45, 7) is 0.808. The number of aromatic amines is 1. The Morgan fingerprint density at radius 3 is 2.96 bits per heavy atom.